The van der Waals surface area contributed by atoms with Gasteiger partial charge in [0.05, 0.1) is 5.30 Å². The second-order valence-corrected chi connectivity index (χ2v) is 3.71. The van der Waals surface area contributed by atoms with Gasteiger partial charge in [-0.25, -0.2) is 0 Å². The van der Waals surface area contributed by atoms with Crippen LogP contribution in [-0.4, -0.2) is 14.9 Å². The first-order valence-corrected chi connectivity index (χ1v) is 4.49. The molecule has 0 fully saturated rings. The third-order valence-corrected chi connectivity index (χ3v) is 2.11. The van der Waals surface area contributed by atoms with Crippen LogP contribution in [0.3, 0.4) is 0 Å². The van der Waals surface area contributed by atoms with Crippen LogP contribution in [0.4, 0.5) is 0 Å². The van der Waals surface area contributed by atoms with E-state index in [1.165, 1.54) is 16.9 Å². The molecule has 1 rings (SSSR count). The van der Waals surface area contributed by atoms with E-state index in [9.17, 15) is 4.57 Å². The fraction of sp³-hybridized carbons (Fsp3) is 0.200. The molecule has 0 unspecified atom stereocenters. The van der Waals surface area contributed by atoms with E-state index in [0.717, 1.165) is 6.20 Å². The molecule has 0 aliphatic heterocycles. The summed E-state index contributed by atoms with van der Waals surface area (Å²) >= 11 is 0. The van der Waals surface area contributed by atoms with Gasteiger partial charge in [-0.1, -0.05) is 4.68 Å². The first-order chi connectivity index (χ1) is 5.00. The van der Waals surface area contributed by atoms with Crippen molar-refractivity contribution in [2.45, 2.75) is 0 Å². The Labute approximate surface area is 80.0 Å². The Hall–Kier alpha value is -0.290. The molecule has 0 amide bonds. The molecule has 7 heteroatoms. The van der Waals surface area contributed by atoms with E-state index in [4.69, 9.17) is 9.79 Å². The molecule has 0 saturated carbocycles. The molecule has 0 spiro atoms. The summed E-state index contributed by atoms with van der Waals surface area (Å²) in [6.45, 7) is 0. The molecule has 0 saturated heterocycles. The number of hydrogen-bond donors (Lipinski definition) is 2. The Bertz CT molecular complexity index is 296. The number of hydrogen-bond acceptors (Lipinski definition) is 2. The second-order valence-electron chi connectivity index (χ2n) is 2.10. The lowest BCUT2D eigenvalue weighted by Gasteiger charge is -1.98. The summed E-state index contributed by atoms with van der Waals surface area (Å²) in [5.74, 6) is 0. The largest absolute Gasteiger partial charge is 1.00 e. The number of rotatable bonds is 1. The van der Waals surface area contributed by atoms with Gasteiger partial charge in [-0.15, -0.1) is 0 Å². The van der Waals surface area contributed by atoms with Crippen LogP contribution < -0.4 is 27.0 Å². The van der Waals surface area contributed by atoms with Gasteiger partial charge >= 0.3 is 7.60 Å². The Balaban J connectivity index is 0.00000121. The van der Waals surface area contributed by atoms with Crippen LogP contribution in [0.15, 0.2) is 18.5 Å². The van der Waals surface area contributed by atoms with Crippen molar-refractivity contribution in [1.29, 1.82) is 0 Å². The molecule has 0 radical (unpaired) electrons. The summed E-state index contributed by atoms with van der Waals surface area (Å²) in [4.78, 5) is 17.3. The molecule has 1 aromatic heterocycles. The average Bonchev–Trinajstić information content (AvgIpc) is 1.86. The molecule has 0 aliphatic rings. The minimum atomic E-state index is -4.11. The highest BCUT2D eigenvalue weighted by molar-refractivity contribution is 7.60. The van der Waals surface area contributed by atoms with E-state index in [0.29, 0.717) is 0 Å². The summed E-state index contributed by atoms with van der Waals surface area (Å²) in [6.07, 6.45) is 2.63. The number of nitrogens with zero attached hydrogens (tertiary/aromatic N) is 2. The highest BCUT2D eigenvalue weighted by atomic mass is 79.9. The van der Waals surface area contributed by atoms with Gasteiger partial charge in [0.15, 0.2) is 13.2 Å². The highest BCUT2D eigenvalue weighted by Crippen LogP contribution is 2.31. The van der Waals surface area contributed by atoms with Crippen molar-refractivity contribution in [3.63, 3.8) is 0 Å². The third-order valence-electron chi connectivity index (χ3n) is 1.17. The van der Waals surface area contributed by atoms with Crippen LogP contribution in [0, 0.1) is 0 Å². The van der Waals surface area contributed by atoms with E-state index >= 15 is 0 Å². The van der Waals surface area contributed by atoms with E-state index in [1.807, 2.05) is 0 Å². The highest BCUT2D eigenvalue weighted by Gasteiger charge is 2.18. The normalized spacial score (nSPS) is 10.6. The van der Waals surface area contributed by atoms with Crippen LogP contribution in [0.5, 0.6) is 0 Å². The topological polar surface area (TPSA) is 74.3 Å². The lowest BCUT2D eigenvalue weighted by molar-refractivity contribution is -0.730. The molecule has 5 nitrogen and oxygen atoms in total. The molecular formula is C5H8BrN2O3P. The van der Waals surface area contributed by atoms with Crippen molar-refractivity contribution in [2.75, 3.05) is 0 Å². The van der Waals surface area contributed by atoms with Crippen LogP contribution in [0.1, 0.15) is 0 Å². The quantitative estimate of drug-likeness (QED) is 0.393. The molecular weight excluding hydrogens is 247 g/mol. The number of halogens is 1. The van der Waals surface area contributed by atoms with Crippen molar-refractivity contribution in [1.82, 2.24) is 5.10 Å². The van der Waals surface area contributed by atoms with Crippen LogP contribution in [0.25, 0.3) is 0 Å². The van der Waals surface area contributed by atoms with Gasteiger partial charge in [-0.05, 0) is 5.10 Å². The second kappa shape index (κ2) is 4.09. The Morgan fingerprint density at radius 3 is 2.50 bits per heavy atom. The summed E-state index contributed by atoms with van der Waals surface area (Å²) in [6, 6.07) is 1.34. The lowest BCUT2D eigenvalue weighted by Crippen LogP contribution is -3.00. The van der Waals surface area contributed by atoms with Gasteiger partial charge in [-0.3, -0.25) is 4.57 Å². The lowest BCUT2D eigenvalue weighted by atomic mass is 10.6. The molecule has 0 aliphatic carbocycles. The maximum absolute atomic E-state index is 10.6. The SMILES string of the molecule is C[n+]1ccc(P(=O)(O)O)cn1.[Br-]. The van der Waals surface area contributed by atoms with E-state index in [2.05, 4.69) is 5.10 Å². The molecule has 12 heavy (non-hydrogen) atoms. The first-order valence-electron chi connectivity index (χ1n) is 2.88. The smallest absolute Gasteiger partial charge is 0.358 e. The van der Waals surface area contributed by atoms with Crippen molar-refractivity contribution < 1.29 is 36.0 Å². The maximum atomic E-state index is 10.6. The predicted molar refractivity (Wildman–Crippen MR) is 37.1 cm³/mol. The van der Waals surface area contributed by atoms with Gasteiger partial charge in [0.25, 0.3) is 0 Å². The van der Waals surface area contributed by atoms with Crippen LogP contribution in [0.2, 0.25) is 0 Å². The summed E-state index contributed by atoms with van der Waals surface area (Å²) in [5, 5.41) is 3.61. The minimum Gasteiger partial charge on any atom is -1.00 e. The fourth-order valence-electron chi connectivity index (χ4n) is 0.588. The van der Waals surface area contributed by atoms with Gasteiger partial charge in [0, 0.05) is 6.07 Å². The van der Waals surface area contributed by atoms with Gasteiger partial charge in [-0.2, -0.15) is 0 Å². The molecule has 1 heterocycles. The molecule has 0 bridgehead atoms. The number of aryl methyl sites for hydroxylation is 1. The van der Waals surface area contributed by atoms with Gasteiger partial charge in [0.2, 0.25) is 0 Å². The zero-order valence-electron chi connectivity index (χ0n) is 6.25. The zero-order valence-corrected chi connectivity index (χ0v) is 8.73. The van der Waals surface area contributed by atoms with Crippen molar-refractivity contribution in [3.8, 4) is 0 Å². The number of aromatic nitrogens is 2. The zero-order chi connectivity index (χ0) is 8.48. The molecule has 0 atom stereocenters. The molecule has 1 aromatic rings. The van der Waals surface area contributed by atoms with E-state index < -0.39 is 7.60 Å². The maximum Gasteiger partial charge on any atom is 0.358 e. The average molecular weight is 255 g/mol. The summed E-state index contributed by atoms with van der Waals surface area (Å²) < 4.78 is 12.0. The third kappa shape index (κ3) is 2.98. The first kappa shape index (κ1) is 11.7. The van der Waals surface area contributed by atoms with Crippen molar-refractivity contribution in [3.05, 3.63) is 18.5 Å². The summed E-state index contributed by atoms with van der Waals surface area (Å²) in [5.41, 5.74) is 0. The standard InChI is InChI=1S/C5H7N2O3P.BrH/c1-7-3-2-5(4-6-7)11(8,9)10;/h2-4H,1H3,(H-,8,9,10);1H. The minimum absolute atomic E-state index is 0. The van der Waals surface area contributed by atoms with E-state index in [1.54, 1.807) is 7.05 Å². The van der Waals surface area contributed by atoms with Crippen LogP contribution in [-0.2, 0) is 11.6 Å². The molecule has 2 N–H and O–H groups in total. The predicted octanol–water partition coefficient (Wildman–Crippen LogP) is -4.29. The molecule has 0 aromatic carbocycles. The summed E-state index contributed by atoms with van der Waals surface area (Å²) in [7, 11) is -2.44. The Morgan fingerprint density at radius 1 is 1.58 bits per heavy atom. The van der Waals surface area contributed by atoms with Crippen molar-refractivity contribution >= 4 is 12.9 Å². The molecule has 68 valence electrons. The van der Waals surface area contributed by atoms with Crippen molar-refractivity contribution in [2.24, 2.45) is 7.05 Å². The monoisotopic (exact) mass is 254 g/mol. The van der Waals surface area contributed by atoms with E-state index in [-0.39, 0.29) is 22.3 Å². The Kier molecular flexibility index (Phi) is 3.99. The van der Waals surface area contributed by atoms with Crippen LogP contribution >= 0.6 is 7.60 Å². The van der Waals surface area contributed by atoms with Gasteiger partial charge in [0.1, 0.15) is 6.20 Å². The van der Waals surface area contributed by atoms with Gasteiger partial charge < -0.3 is 26.8 Å². The Morgan fingerprint density at radius 2 is 2.17 bits per heavy atom. The fourth-order valence-corrected chi connectivity index (χ4v) is 1.05.